The zero-order chi connectivity index (χ0) is 16.8. The average molecular weight is 362 g/mol. The molecular weight excluding hydrogens is 344 g/mol. The van der Waals surface area contributed by atoms with E-state index in [4.69, 9.17) is 9.11 Å². The number of aryl methyl sites for hydroxylation is 1. The Labute approximate surface area is 135 Å². The van der Waals surface area contributed by atoms with E-state index >= 15 is 0 Å². The van der Waals surface area contributed by atoms with Gasteiger partial charge in [0.25, 0.3) is 20.2 Å². The molecule has 0 aliphatic rings. The Kier molecular flexibility index (Phi) is 8.07. The van der Waals surface area contributed by atoms with E-state index in [1.54, 1.807) is 42.5 Å². The monoisotopic (exact) mass is 362 g/mol. The van der Waals surface area contributed by atoms with Gasteiger partial charge in [0.1, 0.15) is 5.75 Å². The van der Waals surface area contributed by atoms with Gasteiger partial charge in [-0.25, -0.2) is 0 Å². The summed E-state index contributed by atoms with van der Waals surface area (Å²) in [6, 6.07) is 14.5. The minimum Gasteiger partial charge on any atom is -0.412 e. The van der Waals surface area contributed by atoms with E-state index in [0.29, 0.717) is 5.56 Å². The second-order valence-electron chi connectivity index (χ2n) is 4.50. The van der Waals surface area contributed by atoms with Gasteiger partial charge in [-0.15, -0.1) is 0 Å². The second kappa shape index (κ2) is 8.75. The Morgan fingerprint density at radius 2 is 1.30 bits per heavy atom. The van der Waals surface area contributed by atoms with Crippen molar-refractivity contribution in [3.8, 4) is 0 Å². The molecule has 2 rings (SSSR count). The van der Waals surface area contributed by atoms with Crippen molar-refractivity contribution in [2.75, 3.05) is 0 Å². The molecule has 2 aromatic carbocycles. The summed E-state index contributed by atoms with van der Waals surface area (Å²) < 4.78 is 58.7. The fourth-order valence-electron chi connectivity index (χ4n) is 1.50. The molecule has 0 saturated heterocycles. The molecule has 0 aliphatic carbocycles. The lowest BCUT2D eigenvalue weighted by molar-refractivity contribution is 0.480. The Balaban J connectivity index is 0.000000403. The van der Waals surface area contributed by atoms with Gasteiger partial charge in [-0.2, -0.15) is 16.8 Å². The molecule has 0 amide bonds. The van der Waals surface area contributed by atoms with Gasteiger partial charge >= 0.3 is 0 Å². The predicted octanol–water partition coefficient (Wildman–Crippen LogP) is 1.49. The highest BCUT2D eigenvalue weighted by Crippen LogP contribution is 2.08. The van der Waals surface area contributed by atoms with E-state index < -0.39 is 20.2 Å². The first-order valence-corrected chi connectivity index (χ1v) is 9.16. The van der Waals surface area contributed by atoms with E-state index in [1.807, 2.05) is 6.92 Å². The normalized spacial score (nSPS) is 10.9. The molecule has 0 saturated carbocycles. The van der Waals surface area contributed by atoms with E-state index in [9.17, 15) is 16.8 Å². The van der Waals surface area contributed by atoms with E-state index in [-0.39, 0.29) is 16.1 Å². The van der Waals surface area contributed by atoms with Crippen molar-refractivity contribution in [2.45, 2.75) is 17.6 Å². The fourth-order valence-corrected chi connectivity index (χ4v) is 2.59. The summed E-state index contributed by atoms with van der Waals surface area (Å²) in [6.45, 7) is 1.84. The van der Waals surface area contributed by atoms with E-state index in [0.717, 1.165) is 5.56 Å². The molecule has 0 radical (unpaired) electrons. The van der Waals surface area contributed by atoms with Crippen molar-refractivity contribution in [2.24, 2.45) is 0 Å². The zero-order valence-corrected chi connectivity index (χ0v) is 13.9. The van der Waals surface area contributed by atoms with Gasteiger partial charge in [-0.3, -0.25) is 9.11 Å². The molecule has 0 heterocycles. The molecule has 0 aromatic heterocycles. The lowest BCUT2D eigenvalue weighted by Gasteiger charge is -1.95. The Morgan fingerprint density at radius 1 is 0.826 bits per heavy atom. The molecule has 2 aromatic rings. The first-order chi connectivity index (χ1) is 10.1. The van der Waals surface area contributed by atoms with Crippen molar-refractivity contribution in [1.29, 1.82) is 0 Å². The van der Waals surface area contributed by atoms with Gasteiger partial charge in [-0.1, -0.05) is 48.0 Å². The van der Waals surface area contributed by atoms with Gasteiger partial charge in [0.05, 0.1) is 4.90 Å². The minimum absolute atomic E-state index is 0. The molecular formula is C14H18O7S2. The molecule has 0 bridgehead atoms. The minimum atomic E-state index is -4.02. The summed E-state index contributed by atoms with van der Waals surface area (Å²) in [4.78, 5) is -0.0666. The highest BCUT2D eigenvalue weighted by Gasteiger charge is 2.06. The van der Waals surface area contributed by atoms with Crippen LogP contribution in [-0.2, 0) is 26.0 Å². The largest absolute Gasteiger partial charge is 0.412 e. The first-order valence-electron chi connectivity index (χ1n) is 6.11. The maximum atomic E-state index is 10.5. The quantitative estimate of drug-likeness (QED) is 0.793. The summed E-state index contributed by atoms with van der Waals surface area (Å²) in [7, 11) is -7.90. The van der Waals surface area contributed by atoms with Crippen LogP contribution in [0.1, 0.15) is 11.1 Å². The summed E-state index contributed by atoms with van der Waals surface area (Å²) in [6.07, 6.45) is 0. The Bertz CT molecular complexity index is 796. The van der Waals surface area contributed by atoms with Crippen LogP contribution in [0.5, 0.6) is 0 Å². The molecule has 9 heteroatoms. The third-order valence-corrected chi connectivity index (χ3v) is 4.08. The summed E-state index contributed by atoms with van der Waals surface area (Å²) in [5, 5.41) is 0. The Hall–Kier alpha value is -1.78. The highest BCUT2D eigenvalue weighted by atomic mass is 32.2. The van der Waals surface area contributed by atoms with Crippen molar-refractivity contribution < 1.29 is 31.4 Å². The SMILES string of the molecule is Cc1ccc(S(=O)(=O)O)cc1.O.O=S(=O)(O)Cc1ccccc1. The van der Waals surface area contributed by atoms with E-state index in [2.05, 4.69) is 0 Å². The third kappa shape index (κ3) is 9.06. The fraction of sp³-hybridized carbons (Fsp3) is 0.143. The van der Waals surface area contributed by atoms with Crippen molar-refractivity contribution in [3.05, 3.63) is 65.7 Å². The van der Waals surface area contributed by atoms with E-state index in [1.165, 1.54) is 12.1 Å². The third-order valence-electron chi connectivity index (χ3n) is 2.51. The lowest BCUT2D eigenvalue weighted by Crippen LogP contribution is -2.00. The number of rotatable bonds is 3. The second-order valence-corrected chi connectivity index (χ2v) is 7.37. The van der Waals surface area contributed by atoms with Crippen LogP contribution in [0.25, 0.3) is 0 Å². The maximum absolute atomic E-state index is 10.5. The van der Waals surface area contributed by atoms with Gasteiger partial charge in [-0.05, 0) is 24.6 Å². The van der Waals surface area contributed by atoms with Crippen LogP contribution >= 0.6 is 0 Å². The summed E-state index contributed by atoms with van der Waals surface area (Å²) >= 11 is 0. The highest BCUT2D eigenvalue weighted by molar-refractivity contribution is 7.85. The predicted molar refractivity (Wildman–Crippen MR) is 86.3 cm³/mol. The van der Waals surface area contributed by atoms with Crippen LogP contribution in [0.15, 0.2) is 59.5 Å². The van der Waals surface area contributed by atoms with Gasteiger partial charge in [0.2, 0.25) is 0 Å². The zero-order valence-electron chi connectivity index (χ0n) is 12.2. The van der Waals surface area contributed by atoms with Crippen LogP contribution in [0.4, 0.5) is 0 Å². The van der Waals surface area contributed by atoms with Crippen LogP contribution < -0.4 is 0 Å². The topological polar surface area (TPSA) is 140 Å². The smallest absolute Gasteiger partial charge is 0.294 e. The van der Waals surface area contributed by atoms with Crippen molar-refractivity contribution >= 4 is 20.2 Å². The summed E-state index contributed by atoms with van der Waals surface area (Å²) in [5.41, 5.74) is 1.55. The molecule has 0 aliphatic heterocycles. The molecule has 0 atom stereocenters. The van der Waals surface area contributed by atoms with Crippen LogP contribution in [0.3, 0.4) is 0 Å². The molecule has 23 heavy (non-hydrogen) atoms. The van der Waals surface area contributed by atoms with Crippen LogP contribution in [0, 0.1) is 6.92 Å². The number of benzene rings is 2. The first kappa shape index (κ1) is 21.2. The molecule has 0 fully saturated rings. The molecule has 128 valence electrons. The van der Waals surface area contributed by atoms with Gasteiger partial charge < -0.3 is 5.48 Å². The number of hydrogen-bond donors (Lipinski definition) is 2. The van der Waals surface area contributed by atoms with Gasteiger partial charge in [0.15, 0.2) is 0 Å². The van der Waals surface area contributed by atoms with Crippen LogP contribution in [0.2, 0.25) is 0 Å². The molecule has 0 unspecified atom stereocenters. The lowest BCUT2D eigenvalue weighted by atomic mass is 10.2. The average Bonchev–Trinajstić information content (AvgIpc) is 2.38. The standard InChI is InChI=1S/2C7H8O3S.H2O/c1-6-2-4-7(5-3-6)11(8,9)10;8-11(9,10)6-7-4-2-1-3-5-7;/h2-5H,1H3,(H,8,9,10);1-5H,6H2,(H,8,9,10);1H2. The van der Waals surface area contributed by atoms with Crippen molar-refractivity contribution in [1.82, 2.24) is 0 Å². The van der Waals surface area contributed by atoms with Gasteiger partial charge in [0, 0.05) is 0 Å². The van der Waals surface area contributed by atoms with Crippen molar-refractivity contribution in [3.63, 3.8) is 0 Å². The maximum Gasteiger partial charge on any atom is 0.294 e. The molecule has 4 N–H and O–H groups in total. The molecule has 0 spiro atoms. The molecule has 7 nitrogen and oxygen atoms in total. The summed E-state index contributed by atoms with van der Waals surface area (Å²) in [5.74, 6) is -0.312. The van der Waals surface area contributed by atoms with Crippen LogP contribution in [-0.4, -0.2) is 31.4 Å². The number of hydrogen-bond acceptors (Lipinski definition) is 4. The Morgan fingerprint density at radius 3 is 1.70 bits per heavy atom.